The largest absolute Gasteiger partial charge is 0.394 e. The highest BCUT2D eigenvalue weighted by Gasteiger charge is 2.18. The second-order valence-corrected chi connectivity index (χ2v) is 4.09. The number of aliphatic hydroxyl groups excluding tert-OH is 1. The highest BCUT2D eigenvalue weighted by molar-refractivity contribution is 5.98. The molecule has 1 aromatic rings. The maximum Gasteiger partial charge on any atom is 0.182 e. The van der Waals surface area contributed by atoms with Crippen LogP contribution in [0.3, 0.4) is 0 Å². The first-order chi connectivity index (χ1) is 9.06. The van der Waals surface area contributed by atoms with Gasteiger partial charge in [-0.05, 0) is 19.2 Å². The monoisotopic (exact) mass is 273 g/mol. The van der Waals surface area contributed by atoms with E-state index in [-0.39, 0.29) is 19.8 Å². The van der Waals surface area contributed by atoms with Crippen molar-refractivity contribution in [2.45, 2.75) is 0 Å². The van der Waals surface area contributed by atoms with Crippen LogP contribution in [0.25, 0.3) is 0 Å². The van der Waals surface area contributed by atoms with Gasteiger partial charge in [-0.2, -0.15) is 0 Å². The fourth-order valence-electron chi connectivity index (χ4n) is 1.55. The third-order valence-electron chi connectivity index (χ3n) is 2.51. The molecule has 4 nitrogen and oxygen atoms in total. The molecule has 0 aromatic heterocycles. The summed E-state index contributed by atoms with van der Waals surface area (Å²) in [6.45, 7) is 0.832. The molecule has 1 aromatic carbocycles. The first kappa shape index (κ1) is 15.7. The van der Waals surface area contributed by atoms with Crippen LogP contribution >= 0.6 is 0 Å². The van der Waals surface area contributed by atoms with Gasteiger partial charge in [0.1, 0.15) is 11.6 Å². The first-order valence-electron chi connectivity index (χ1n) is 5.90. The molecule has 6 heteroatoms. The van der Waals surface area contributed by atoms with Crippen LogP contribution in [0, 0.1) is 11.6 Å². The Kier molecular flexibility index (Phi) is 6.55. The van der Waals surface area contributed by atoms with Gasteiger partial charge in [0, 0.05) is 6.54 Å². The molecule has 0 unspecified atom stereocenters. The van der Waals surface area contributed by atoms with Crippen molar-refractivity contribution in [3.05, 3.63) is 35.4 Å². The molecule has 1 rings (SSSR count). The number of Topliss-reactive ketones (excluding diaryl/α,β-unsaturated/α-hetero) is 1. The van der Waals surface area contributed by atoms with E-state index in [0.29, 0.717) is 13.2 Å². The van der Waals surface area contributed by atoms with E-state index in [1.54, 1.807) is 11.9 Å². The lowest BCUT2D eigenvalue weighted by Gasteiger charge is -2.16. The van der Waals surface area contributed by atoms with E-state index in [0.717, 1.165) is 12.1 Å². The molecule has 0 saturated heterocycles. The molecule has 0 amide bonds. The molecule has 0 radical (unpaired) electrons. The molecule has 0 aliphatic heterocycles. The van der Waals surface area contributed by atoms with E-state index in [1.807, 2.05) is 0 Å². The molecule has 0 saturated carbocycles. The van der Waals surface area contributed by atoms with Crippen molar-refractivity contribution in [2.75, 3.05) is 40.0 Å². The summed E-state index contributed by atoms with van der Waals surface area (Å²) in [6.07, 6.45) is 0. The van der Waals surface area contributed by atoms with Gasteiger partial charge in [0.2, 0.25) is 0 Å². The van der Waals surface area contributed by atoms with Crippen LogP contribution in [-0.2, 0) is 4.74 Å². The Labute approximate surface area is 110 Å². The molecule has 0 heterocycles. The number of ketones is 1. The standard InChI is InChI=1S/C13H17F2NO3/c1-16(5-7-19-8-6-17)9-12(18)13-10(14)3-2-4-11(13)15/h2-4,17H,5-9H2,1H3. The fraction of sp³-hybridized carbons (Fsp3) is 0.462. The van der Waals surface area contributed by atoms with Crippen molar-refractivity contribution in [2.24, 2.45) is 0 Å². The number of aliphatic hydroxyl groups is 1. The molecule has 106 valence electrons. The minimum absolute atomic E-state index is 0.0664. The van der Waals surface area contributed by atoms with Crippen LogP contribution in [0.4, 0.5) is 8.78 Å². The number of nitrogens with zero attached hydrogens (tertiary/aromatic N) is 1. The average Bonchev–Trinajstić information content (AvgIpc) is 2.34. The number of carbonyl (C=O) groups excluding carboxylic acids is 1. The lowest BCUT2D eigenvalue weighted by atomic mass is 10.1. The fourth-order valence-corrected chi connectivity index (χ4v) is 1.55. The van der Waals surface area contributed by atoms with Gasteiger partial charge in [0.15, 0.2) is 5.78 Å². The van der Waals surface area contributed by atoms with Gasteiger partial charge in [0.25, 0.3) is 0 Å². The van der Waals surface area contributed by atoms with Crippen molar-refractivity contribution < 1.29 is 23.4 Å². The molecule has 19 heavy (non-hydrogen) atoms. The molecule has 0 fully saturated rings. The third kappa shape index (κ3) is 5.02. The van der Waals surface area contributed by atoms with Crippen molar-refractivity contribution in [3.63, 3.8) is 0 Å². The summed E-state index contributed by atoms with van der Waals surface area (Å²) in [5, 5.41) is 8.51. The minimum atomic E-state index is -0.852. The van der Waals surface area contributed by atoms with Gasteiger partial charge in [-0.1, -0.05) is 6.07 Å². The number of rotatable bonds is 8. The first-order valence-corrected chi connectivity index (χ1v) is 5.90. The number of benzene rings is 1. The Morgan fingerprint density at radius 1 is 1.32 bits per heavy atom. The molecule has 1 N–H and O–H groups in total. The van der Waals surface area contributed by atoms with E-state index < -0.39 is 23.0 Å². The Hall–Kier alpha value is -1.37. The lowest BCUT2D eigenvalue weighted by molar-refractivity contribution is 0.0737. The highest BCUT2D eigenvalue weighted by atomic mass is 19.1. The van der Waals surface area contributed by atoms with Crippen LogP contribution in [0.5, 0.6) is 0 Å². The van der Waals surface area contributed by atoms with Crippen LogP contribution in [0.2, 0.25) is 0 Å². The zero-order valence-corrected chi connectivity index (χ0v) is 10.7. The Morgan fingerprint density at radius 3 is 2.53 bits per heavy atom. The number of hydrogen-bond donors (Lipinski definition) is 1. The van der Waals surface area contributed by atoms with E-state index in [1.165, 1.54) is 6.07 Å². The average molecular weight is 273 g/mol. The molecular formula is C13H17F2NO3. The quantitative estimate of drug-likeness (QED) is 0.569. The van der Waals surface area contributed by atoms with Crippen molar-refractivity contribution in [1.29, 1.82) is 0 Å². The van der Waals surface area contributed by atoms with Crippen molar-refractivity contribution in [1.82, 2.24) is 4.90 Å². The summed E-state index contributed by atoms with van der Waals surface area (Å²) in [6, 6.07) is 3.33. The Bertz CT molecular complexity index is 406. The van der Waals surface area contributed by atoms with E-state index >= 15 is 0 Å². The normalized spacial score (nSPS) is 11.0. The zero-order valence-electron chi connectivity index (χ0n) is 10.7. The third-order valence-corrected chi connectivity index (χ3v) is 2.51. The summed E-state index contributed by atoms with van der Waals surface area (Å²) < 4.78 is 31.8. The Morgan fingerprint density at radius 2 is 1.95 bits per heavy atom. The topological polar surface area (TPSA) is 49.8 Å². The van der Waals surface area contributed by atoms with Gasteiger partial charge >= 0.3 is 0 Å². The molecule has 0 aliphatic rings. The summed E-state index contributed by atoms with van der Waals surface area (Å²) in [5.41, 5.74) is -0.509. The number of ether oxygens (including phenoxy) is 1. The number of halogens is 2. The SMILES string of the molecule is CN(CCOCCO)CC(=O)c1c(F)cccc1F. The highest BCUT2D eigenvalue weighted by Crippen LogP contribution is 2.13. The lowest BCUT2D eigenvalue weighted by Crippen LogP contribution is -2.30. The summed E-state index contributed by atoms with van der Waals surface area (Å²) in [7, 11) is 1.65. The molecular weight excluding hydrogens is 256 g/mol. The number of hydrogen-bond acceptors (Lipinski definition) is 4. The van der Waals surface area contributed by atoms with Gasteiger partial charge in [-0.25, -0.2) is 8.78 Å². The van der Waals surface area contributed by atoms with Crippen LogP contribution in [-0.4, -0.2) is 55.7 Å². The van der Waals surface area contributed by atoms with E-state index in [9.17, 15) is 13.6 Å². The van der Waals surface area contributed by atoms with E-state index in [4.69, 9.17) is 9.84 Å². The van der Waals surface area contributed by atoms with Gasteiger partial charge < -0.3 is 9.84 Å². The minimum Gasteiger partial charge on any atom is -0.394 e. The molecule has 0 atom stereocenters. The molecule has 0 aliphatic carbocycles. The summed E-state index contributed by atoms with van der Waals surface area (Å²) >= 11 is 0. The van der Waals surface area contributed by atoms with Crippen LogP contribution < -0.4 is 0 Å². The maximum absolute atomic E-state index is 13.4. The maximum atomic E-state index is 13.4. The number of carbonyl (C=O) groups is 1. The molecule has 0 spiro atoms. The summed E-state index contributed by atoms with van der Waals surface area (Å²) in [4.78, 5) is 13.4. The predicted octanol–water partition coefficient (Wildman–Crippen LogP) is 1.09. The van der Waals surface area contributed by atoms with Crippen LogP contribution in [0.1, 0.15) is 10.4 Å². The predicted molar refractivity (Wildman–Crippen MR) is 66.1 cm³/mol. The van der Waals surface area contributed by atoms with Gasteiger partial charge in [-0.3, -0.25) is 9.69 Å². The van der Waals surface area contributed by atoms with Crippen molar-refractivity contribution >= 4 is 5.78 Å². The van der Waals surface area contributed by atoms with Gasteiger partial charge in [0.05, 0.1) is 31.9 Å². The number of likely N-dealkylation sites (N-methyl/N-ethyl adjacent to an activating group) is 1. The second-order valence-electron chi connectivity index (χ2n) is 4.09. The summed E-state index contributed by atoms with van der Waals surface area (Å²) in [5.74, 6) is -2.31. The Balaban J connectivity index is 2.50. The second kappa shape index (κ2) is 7.93. The molecule has 0 bridgehead atoms. The van der Waals surface area contributed by atoms with Gasteiger partial charge in [-0.15, -0.1) is 0 Å². The zero-order chi connectivity index (χ0) is 14.3. The van der Waals surface area contributed by atoms with Crippen molar-refractivity contribution in [3.8, 4) is 0 Å². The smallest absolute Gasteiger partial charge is 0.182 e. The van der Waals surface area contributed by atoms with Crippen LogP contribution in [0.15, 0.2) is 18.2 Å². The van der Waals surface area contributed by atoms with E-state index in [2.05, 4.69) is 0 Å².